The maximum atomic E-state index is 12.5. The number of nitrogens with one attached hydrogen (secondary N) is 3. The fraction of sp³-hybridized carbons (Fsp3) is 0.706. The zero-order valence-electron chi connectivity index (χ0n) is 17.1. The van der Waals surface area contributed by atoms with Gasteiger partial charge < -0.3 is 42.7 Å². The average Bonchev–Trinajstić information content (AvgIpc) is 2.61. The molecule has 13 heteroatoms. The molecule has 172 valence electrons. The van der Waals surface area contributed by atoms with Gasteiger partial charge in [0.05, 0.1) is 25.2 Å². The molecule has 0 saturated heterocycles. The van der Waals surface area contributed by atoms with Gasteiger partial charge >= 0.3 is 5.97 Å². The second-order valence-corrected chi connectivity index (χ2v) is 7.28. The van der Waals surface area contributed by atoms with Crippen LogP contribution in [0.5, 0.6) is 0 Å². The number of aliphatic hydroxyl groups is 2. The van der Waals surface area contributed by atoms with Gasteiger partial charge in [-0.1, -0.05) is 13.8 Å². The predicted molar refractivity (Wildman–Crippen MR) is 103 cm³/mol. The molecular formula is C17H31N5O8. The molecule has 0 fully saturated rings. The molecule has 0 heterocycles. The lowest BCUT2D eigenvalue weighted by Gasteiger charge is -2.26. The largest absolute Gasteiger partial charge is 0.480 e. The van der Waals surface area contributed by atoms with Gasteiger partial charge in [-0.3, -0.25) is 19.2 Å². The van der Waals surface area contributed by atoms with E-state index in [1.54, 1.807) is 0 Å². The van der Waals surface area contributed by atoms with Gasteiger partial charge in [-0.25, -0.2) is 4.79 Å². The molecule has 0 saturated carbocycles. The Balaban J connectivity index is 5.35. The predicted octanol–water partition coefficient (Wildman–Crippen LogP) is -3.85. The van der Waals surface area contributed by atoms with E-state index in [-0.39, 0.29) is 5.92 Å². The monoisotopic (exact) mass is 433 g/mol. The van der Waals surface area contributed by atoms with Crippen LogP contribution in [0, 0.1) is 5.92 Å². The van der Waals surface area contributed by atoms with Crippen molar-refractivity contribution in [3.8, 4) is 0 Å². The number of primary amides is 1. The summed E-state index contributed by atoms with van der Waals surface area (Å²) in [7, 11) is 0. The first-order valence-corrected chi connectivity index (χ1v) is 9.26. The minimum Gasteiger partial charge on any atom is -0.480 e. The van der Waals surface area contributed by atoms with Crippen molar-refractivity contribution in [2.75, 3.05) is 6.61 Å². The van der Waals surface area contributed by atoms with E-state index in [0.29, 0.717) is 6.42 Å². The number of amides is 4. The van der Waals surface area contributed by atoms with Crippen LogP contribution in [-0.4, -0.2) is 81.8 Å². The van der Waals surface area contributed by atoms with Crippen LogP contribution < -0.4 is 27.4 Å². The maximum Gasteiger partial charge on any atom is 0.328 e. The molecule has 0 rings (SSSR count). The van der Waals surface area contributed by atoms with Crippen LogP contribution >= 0.6 is 0 Å². The summed E-state index contributed by atoms with van der Waals surface area (Å²) in [6.07, 6.45) is -1.76. The topological polar surface area (TPSA) is 234 Å². The molecule has 4 amide bonds. The van der Waals surface area contributed by atoms with E-state index in [2.05, 4.69) is 10.6 Å². The van der Waals surface area contributed by atoms with Gasteiger partial charge in [-0.2, -0.15) is 0 Å². The summed E-state index contributed by atoms with van der Waals surface area (Å²) in [5, 5.41) is 34.1. The van der Waals surface area contributed by atoms with Crippen molar-refractivity contribution in [2.24, 2.45) is 17.4 Å². The summed E-state index contributed by atoms with van der Waals surface area (Å²) in [5.74, 6) is -5.25. The van der Waals surface area contributed by atoms with Crippen LogP contribution in [0.15, 0.2) is 0 Å². The van der Waals surface area contributed by atoms with Crippen molar-refractivity contribution in [2.45, 2.75) is 63.9 Å². The Bertz CT molecular complexity index is 640. The number of carboxylic acids is 1. The zero-order valence-corrected chi connectivity index (χ0v) is 17.1. The summed E-state index contributed by atoms with van der Waals surface area (Å²) in [6.45, 7) is 3.97. The van der Waals surface area contributed by atoms with E-state index in [1.165, 1.54) is 6.92 Å². The van der Waals surface area contributed by atoms with E-state index >= 15 is 0 Å². The summed E-state index contributed by atoms with van der Waals surface area (Å²) in [4.78, 5) is 59.2. The fourth-order valence-corrected chi connectivity index (χ4v) is 2.41. The highest BCUT2D eigenvalue weighted by Crippen LogP contribution is 2.04. The molecule has 0 bridgehead atoms. The number of carbonyl (C=O) groups is 5. The highest BCUT2D eigenvalue weighted by atomic mass is 16.4. The number of aliphatic carboxylic acids is 1. The first-order chi connectivity index (χ1) is 13.8. The molecule has 13 nitrogen and oxygen atoms in total. The third-order valence-corrected chi connectivity index (χ3v) is 3.96. The summed E-state index contributed by atoms with van der Waals surface area (Å²) < 4.78 is 0. The molecule has 0 aromatic rings. The number of aliphatic hydroxyl groups excluding tert-OH is 2. The Hall–Kier alpha value is -2.77. The second kappa shape index (κ2) is 12.7. The maximum absolute atomic E-state index is 12.5. The highest BCUT2D eigenvalue weighted by molar-refractivity contribution is 5.96. The molecule has 30 heavy (non-hydrogen) atoms. The number of rotatable bonds is 13. The minimum atomic E-state index is -1.67. The smallest absolute Gasteiger partial charge is 0.328 e. The van der Waals surface area contributed by atoms with E-state index in [9.17, 15) is 29.1 Å². The van der Waals surface area contributed by atoms with E-state index in [4.69, 9.17) is 21.7 Å². The van der Waals surface area contributed by atoms with Crippen LogP contribution in [0.2, 0.25) is 0 Å². The van der Waals surface area contributed by atoms with Gasteiger partial charge in [-0.05, 0) is 19.3 Å². The first-order valence-electron chi connectivity index (χ1n) is 9.26. The Kier molecular flexibility index (Phi) is 11.5. The van der Waals surface area contributed by atoms with E-state index < -0.39 is 72.9 Å². The Morgan fingerprint density at radius 2 is 1.43 bits per heavy atom. The number of hydrogen-bond donors (Lipinski definition) is 8. The lowest BCUT2D eigenvalue weighted by Crippen LogP contribution is -2.60. The Morgan fingerprint density at radius 1 is 0.900 bits per heavy atom. The van der Waals surface area contributed by atoms with Crippen molar-refractivity contribution in [1.82, 2.24) is 16.0 Å². The van der Waals surface area contributed by atoms with Gasteiger partial charge in [0, 0.05) is 0 Å². The van der Waals surface area contributed by atoms with Crippen molar-refractivity contribution in [3.05, 3.63) is 0 Å². The molecular weight excluding hydrogens is 402 g/mol. The molecule has 0 spiro atoms. The second-order valence-electron chi connectivity index (χ2n) is 7.28. The molecule has 0 aliphatic heterocycles. The van der Waals surface area contributed by atoms with Crippen LogP contribution in [0.3, 0.4) is 0 Å². The van der Waals surface area contributed by atoms with Crippen molar-refractivity contribution in [1.29, 1.82) is 0 Å². The molecule has 0 aromatic carbocycles. The molecule has 0 aliphatic rings. The van der Waals surface area contributed by atoms with Crippen molar-refractivity contribution >= 4 is 29.6 Å². The summed E-state index contributed by atoms with van der Waals surface area (Å²) >= 11 is 0. The van der Waals surface area contributed by atoms with E-state index in [0.717, 1.165) is 0 Å². The quantitative estimate of drug-likeness (QED) is 0.142. The van der Waals surface area contributed by atoms with Crippen molar-refractivity contribution < 1.29 is 39.3 Å². The number of carboxylic acid groups (broad SMARTS) is 1. The van der Waals surface area contributed by atoms with Gasteiger partial charge in [0.1, 0.15) is 18.1 Å². The Labute approximate surface area is 173 Å². The molecule has 5 unspecified atom stereocenters. The number of hydrogen-bond acceptors (Lipinski definition) is 8. The van der Waals surface area contributed by atoms with Crippen LogP contribution in [0.25, 0.3) is 0 Å². The van der Waals surface area contributed by atoms with Gasteiger partial charge in [0.25, 0.3) is 0 Å². The van der Waals surface area contributed by atoms with Crippen LogP contribution in [-0.2, 0) is 24.0 Å². The van der Waals surface area contributed by atoms with Crippen molar-refractivity contribution in [3.63, 3.8) is 0 Å². The molecule has 0 radical (unpaired) electrons. The molecule has 10 N–H and O–H groups in total. The summed E-state index contributed by atoms with van der Waals surface area (Å²) in [5.41, 5.74) is 10.8. The minimum absolute atomic E-state index is 0.0990. The van der Waals surface area contributed by atoms with Gasteiger partial charge in [0.15, 0.2) is 0 Å². The van der Waals surface area contributed by atoms with Crippen LogP contribution in [0.1, 0.15) is 33.6 Å². The number of nitrogens with two attached hydrogens (primary N) is 2. The normalized spacial score (nSPS) is 16.0. The van der Waals surface area contributed by atoms with Gasteiger partial charge in [-0.15, -0.1) is 0 Å². The van der Waals surface area contributed by atoms with E-state index in [1.807, 2.05) is 19.2 Å². The van der Waals surface area contributed by atoms with Gasteiger partial charge in [0.2, 0.25) is 23.6 Å². The molecule has 0 aliphatic carbocycles. The number of carbonyl (C=O) groups excluding carboxylic acids is 4. The van der Waals surface area contributed by atoms with Crippen LogP contribution in [0.4, 0.5) is 0 Å². The third kappa shape index (κ3) is 9.62. The lowest BCUT2D eigenvalue weighted by atomic mass is 10.0. The Morgan fingerprint density at radius 3 is 1.83 bits per heavy atom. The molecule has 0 aromatic heterocycles. The SMILES string of the molecule is CC(C)CC(N)C(=O)NC(C(=O)NC(CC(N)=O)C(=O)NC(CO)C(=O)O)C(C)O. The first kappa shape index (κ1) is 27.2. The standard InChI is InChI=1S/C17H31N5O8/c1-7(2)4-9(18)14(26)22-13(8(3)24)16(28)20-10(5-12(19)25)15(27)21-11(6-23)17(29)30/h7-11,13,23-24H,4-6,18H2,1-3H3,(H2,19,25)(H,20,28)(H,21,27)(H,22,26)(H,29,30). The average molecular weight is 433 g/mol. The fourth-order valence-electron chi connectivity index (χ4n) is 2.41. The zero-order chi connectivity index (χ0) is 23.6. The highest BCUT2D eigenvalue weighted by Gasteiger charge is 2.33. The molecule has 5 atom stereocenters. The lowest BCUT2D eigenvalue weighted by molar-refractivity contribution is -0.143. The third-order valence-electron chi connectivity index (χ3n) is 3.96. The summed E-state index contributed by atoms with van der Waals surface area (Å²) in [6, 6.07) is -5.73.